The number of amides is 1. The summed E-state index contributed by atoms with van der Waals surface area (Å²) < 4.78 is 11.2. The largest absolute Gasteiger partial charge is 0.497 e. The summed E-state index contributed by atoms with van der Waals surface area (Å²) in [5, 5.41) is 3.14. The summed E-state index contributed by atoms with van der Waals surface area (Å²) in [7, 11) is 1.68. The second kappa shape index (κ2) is 8.47. The molecule has 3 rings (SSSR count). The molecule has 0 saturated carbocycles. The first-order chi connectivity index (χ1) is 13.0. The van der Waals surface area contributed by atoms with E-state index in [1.807, 2.05) is 19.1 Å². The lowest BCUT2D eigenvalue weighted by molar-refractivity contribution is -0.124. The number of carbonyl (C=O) groups excluding carboxylic acids is 1. The first kappa shape index (κ1) is 19.3. The third-order valence-electron chi connectivity index (χ3n) is 5.15. The summed E-state index contributed by atoms with van der Waals surface area (Å²) in [6, 6.07) is 12.3. The Bertz CT molecular complexity index is 813. The smallest absolute Gasteiger partial charge is 0.258 e. The summed E-state index contributed by atoms with van der Waals surface area (Å²) in [6.07, 6.45) is 3.03. The van der Waals surface area contributed by atoms with Crippen molar-refractivity contribution in [2.45, 2.75) is 52.0 Å². The average molecular weight is 367 g/mol. The van der Waals surface area contributed by atoms with Crippen LogP contribution < -0.4 is 14.8 Å². The summed E-state index contributed by atoms with van der Waals surface area (Å²) >= 11 is 0. The van der Waals surface area contributed by atoms with Crippen molar-refractivity contribution in [1.29, 1.82) is 0 Å². The lowest BCUT2D eigenvalue weighted by Gasteiger charge is -2.27. The molecular formula is C23H29NO3. The zero-order valence-electron chi connectivity index (χ0n) is 16.7. The molecule has 4 nitrogen and oxygen atoms in total. The number of rotatable bonds is 6. The fraction of sp³-hybridized carbons (Fsp3) is 0.435. The number of hydrogen-bond acceptors (Lipinski definition) is 3. The summed E-state index contributed by atoms with van der Waals surface area (Å²) in [6.45, 7) is 6.32. The minimum atomic E-state index is -0.0834. The predicted molar refractivity (Wildman–Crippen MR) is 108 cm³/mol. The van der Waals surface area contributed by atoms with Gasteiger partial charge in [0, 0.05) is 0 Å². The average Bonchev–Trinajstić information content (AvgIpc) is 2.66. The second-order valence-corrected chi connectivity index (χ2v) is 7.56. The number of carbonyl (C=O) groups is 1. The Hall–Kier alpha value is -2.49. The van der Waals surface area contributed by atoms with Gasteiger partial charge in [0.25, 0.3) is 5.91 Å². The molecule has 1 N–H and O–H groups in total. The van der Waals surface area contributed by atoms with Gasteiger partial charge in [-0.1, -0.05) is 32.0 Å². The summed E-state index contributed by atoms with van der Waals surface area (Å²) in [5.74, 6) is 1.93. The van der Waals surface area contributed by atoms with Crippen LogP contribution in [0.15, 0.2) is 36.4 Å². The Labute approximate surface area is 161 Å². The molecule has 1 aliphatic carbocycles. The molecule has 0 heterocycles. The Morgan fingerprint density at radius 3 is 2.78 bits per heavy atom. The number of fused-ring (bicyclic) bond motifs is 1. The molecule has 0 spiro atoms. The van der Waals surface area contributed by atoms with Gasteiger partial charge in [-0.05, 0) is 72.6 Å². The topological polar surface area (TPSA) is 47.6 Å². The fourth-order valence-electron chi connectivity index (χ4n) is 3.69. The molecule has 144 valence electrons. The van der Waals surface area contributed by atoms with Crippen LogP contribution >= 0.6 is 0 Å². The Morgan fingerprint density at radius 2 is 2.04 bits per heavy atom. The molecule has 0 saturated heterocycles. The van der Waals surface area contributed by atoms with Crippen LogP contribution in [0.3, 0.4) is 0 Å². The maximum Gasteiger partial charge on any atom is 0.258 e. The number of methoxy groups -OCH3 is 1. The van der Waals surface area contributed by atoms with E-state index in [1.54, 1.807) is 7.11 Å². The Balaban J connectivity index is 1.65. The molecule has 1 amide bonds. The summed E-state index contributed by atoms with van der Waals surface area (Å²) in [5.41, 5.74) is 4.70. The first-order valence-corrected chi connectivity index (χ1v) is 9.67. The third-order valence-corrected chi connectivity index (χ3v) is 5.15. The van der Waals surface area contributed by atoms with E-state index in [0.29, 0.717) is 5.92 Å². The highest BCUT2D eigenvalue weighted by Gasteiger charge is 2.22. The number of ether oxygens (including phenoxy) is 2. The molecule has 27 heavy (non-hydrogen) atoms. The van der Waals surface area contributed by atoms with Crippen LogP contribution in [0.2, 0.25) is 0 Å². The SMILES string of the molecule is COc1ccc2c(c1)CCCC2NC(=O)COc1cc(C)ccc1C(C)C. The van der Waals surface area contributed by atoms with Crippen LogP contribution in [-0.2, 0) is 11.2 Å². The molecule has 1 aliphatic rings. The van der Waals surface area contributed by atoms with E-state index in [2.05, 4.69) is 43.4 Å². The highest BCUT2D eigenvalue weighted by atomic mass is 16.5. The van der Waals surface area contributed by atoms with E-state index in [-0.39, 0.29) is 18.6 Å². The lowest BCUT2D eigenvalue weighted by atomic mass is 9.87. The molecule has 1 unspecified atom stereocenters. The minimum absolute atomic E-state index is 0.0329. The number of benzene rings is 2. The van der Waals surface area contributed by atoms with Crippen molar-refractivity contribution in [3.63, 3.8) is 0 Å². The van der Waals surface area contributed by atoms with Gasteiger partial charge in [-0.25, -0.2) is 0 Å². The summed E-state index contributed by atoms with van der Waals surface area (Å²) in [4.78, 5) is 12.5. The van der Waals surface area contributed by atoms with E-state index in [1.165, 1.54) is 11.1 Å². The van der Waals surface area contributed by atoms with Crippen molar-refractivity contribution in [2.24, 2.45) is 0 Å². The fourth-order valence-corrected chi connectivity index (χ4v) is 3.69. The van der Waals surface area contributed by atoms with Crippen molar-refractivity contribution >= 4 is 5.91 Å². The molecule has 0 aromatic heterocycles. The predicted octanol–water partition coefficient (Wildman–Crippen LogP) is 4.70. The van der Waals surface area contributed by atoms with Crippen molar-refractivity contribution in [3.8, 4) is 11.5 Å². The standard InChI is InChI=1S/C23H29NO3/c1-15(2)19-10-8-16(3)12-22(19)27-14-23(25)24-21-7-5-6-17-13-18(26-4)9-11-20(17)21/h8-13,15,21H,5-7,14H2,1-4H3,(H,24,25). The molecule has 0 radical (unpaired) electrons. The van der Waals surface area contributed by atoms with Crippen LogP contribution in [-0.4, -0.2) is 19.6 Å². The van der Waals surface area contributed by atoms with E-state index >= 15 is 0 Å². The monoisotopic (exact) mass is 367 g/mol. The number of nitrogens with one attached hydrogen (secondary N) is 1. The van der Waals surface area contributed by atoms with Crippen LogP contribution in [0.1, 0.15) is 60.9 Å². The molecule has 2 aromatic carbocycles. The highest BCUT2D eigenvalue weighted by Crippen LogP contribution is 2.32. The third kappa shape index (κ3) is 4.62. The van der Waals surface area contributed by atoms with Gasteiger partial charge in [-0.2, -0.15) is 0 Å². The first-order valence-electron chi connectivity index (χ1n) is 9.67. The quantitative estimate of drug-likeness (QED) is 0.805. The maximum atomic E-state index is 12.5. The van der Waals surface area contributed by atoms with Crippen molar-refractivity contribution in [3.05, 3.63) is 58.7 Å². The molecule has 0 bridgehead atoms. The van der Waals surface area contributed by atoms with Crippen molar-refractivity contribution in [2.75, 3.05) is 13.7 Å². The number of hydrogen-bond donors (Lipinski definition) is 1. The Morgan fingerprint density at radius 1 is 1.22 bits per heavy atom. The zero-order valence-corrected chi connectivity index (χ0v) is 16.7. The van der Waals surface area contributed by atoms with E-state index < -0.39 is 0 Å². The molecule has 4 heteroatoms. The van der Waals surface area contributed by atoms with Gasteiger partial charge in [-0.3, -0.25) is 4.79 Å². The Kier molecular flexibility index (Phi) is 6.04. The maximum absolute atomic E-state index is 12.5. The lowest BCUT2D eigenvalue weighted by Crippen LogP contribution is -2.34. The van der Waals surface area contributed by atoms with Gasteiger partial charge in [0.1, 0.15) is 11.5 Å². The minimum Gasteiger partial charge on any atom is -0.497 e. The van der Waals surface area contributed by atoms with Crippen molar-refractivity contribution < 1.29 is 14.3 Å². The normalized spacial score (nSPS) is 16.0. The van der Waals surface area contributed by atoms with Crippen molar-refractivity contribution in [1.82, 2.24) is 5.32 Å². The molecule has 0 fully saturated rings. The second-order valence-electron chi connectivity index (χ2n) is 7.56. The molecular weight excluding hydrogens is 338 g/mol. The van der Waals surface area contributed by atoms with Crippen LogP contribution in [0.5, 0.6) is 11.5 Å². The van der Waals surface area contributed by atoms with Gasteiger partial charge in [0.05, 0.1) is 13.2 Å². The molecule has 2 aromatic rings. The van der Waals surface area contributed by atoms with E-state index in [0.717, 1.165) is 41.9 Å². The van der Waals surface area contributed by atoms with Gasteiger partial charge < -0.3 is 14.8 Å². The van der Waals surface area contributed by atoms with E-state index in [9.17, 15) is 4.79 Å². The zero-order chi connectivity index (χ0) is 19.4. The number of aryl methyl sites for hydroxylation is 2. The van der Waals surface area contributed by atoms with Crippen LogP contribution in [0, 0.1) is 6.92 Å². The van der Waals surface area contributed by atoms with Gasteiger partial charge in [0.2, 0.25) is 0 Å². The van der Waals surface area contributed by atoms with Crippen LogP contribution in [0.4, 0.5) is 0 Å². The van der Waals surface area contributed by atoms with Crippen LogP contribution in [0.25, 0.3) is 0 Å². The van der Waals surface area contributed by atoms with Gasteiger partial charge >= 0.3 is 0 Å². The molecule has 1 atom stereocenters. The van der Waals surface area contributed by atoms with E-state index in [4.69, 9.17) is 9.47 Å². The van der Waals surface area contributed by atoms with Gasteiger partial charge in [0.15, 0.2) is 6.61 Å². The molecule has 0 aliphatic heterocycles. The highest BCUT2D eigenvalue weighted by molar-refractivity contribution is 5.78. The van der Waals surface area contributed by atoms with Gasteiger partial charge in [-0.15, -0.1) is 0 Å².